The maximum Gasteiger partial charge on any atom is 0.594 e. The lowest BCUT2D eigenvalue weighted by molar-refractivity contribution is 0.101. The number of nitrogens with one attached hydrogen (secondary N) is 1. The van der Waals surface area contributed by atoms with Gasteiger partial charge in [-0.2, -0.15) is 0 Å². The van der Waals surface area contributed by atoms with Gasteiger partial charge in [-0.05, 0) is 28.8 Å². The molecule has 152 valence electrons. The molecule has 2 heterocycles. The number of fused-ring (bicyclic) bond motifs is 1. The van der Waals surface area contributed by atoms with Gasteiger partial charge in [0, 0.05) is 0 Å². The minimum Gasteiger partial charge on any atom is -0.259 e. The van der Waals surface area contributed by atoms with Crippen molar-refractivity contribution in [1.82, 2.24) is 5.09 Å². The molecule has 0 amide bonds. The van der Waals surface area contributed by atoms with Crippen LogP contribution in [0.4, 0.5) is 0 Å². The van der Waals surface area contributed by atoms with E-state index in [1.807, 2.05) is 78.9 Å². The molecule has 0 radical (unpaired) electrons. The topological polar surface area (TPSA) is 39.7 Å². The molecule has 2 aliphatic rings. The van der Waals surface area contributed by atoms with Crippen LogP contribution < -0.4 is 14.1 Å². The zero-order valence-electron chi connectivity index (χ0n) is 16.7. The quantitative estimate of drug-likeness (QED) is 0.383. The van der Waals surface area contributed by atoms with Crippen molar-refractivity contribution < 1.29 is 13.6 Å². The molecule has 1 atom stereocenters. The summed E-state index contributed by atoms with van der Waals surface area (Å²) in [6, 6.07) is 38.5. The van der Waals surface area contributed by atoms with Crippen LogP contribution in [0.2, 0.25) is 0 Å². The molecule has 1 fully saturated rings. The zero-order chi connectivity index (χ0) is 20.7. The first-order valence-corrected chi connectivity index (χ1v) is 11.9. The van der Waals surface area contributed by atoms with Gasteiger partial charge in [0.05, 0.1) is 0 Å². The normalized spacial score (nSPS) is 20.1. The molecule has 2 aliphatic heterocycles. The predicted octanol–water partition coefficient (Wildman–Crippen LogP) is 6.44. The SMILES string of the molecule is c1ccc(C2N[P+]3(Oc4ccccc4O3)OC2(c2ccccc2)c2ccccc2)cc1. The standard InChI is InChI=1S/C26H21NO3P/c1-4-12-20(13-5-1)25-26(21-14-6-2-7-15-21,22-16-8-3-9-17-22)30-31(27-25)28-23-18-10-11-19-24(23)29-31/h1-19,25,27H/q+1. The van der Waals surface area contributed by atoms with Gasteiger partial charge in [0.25, 0.3) is 0 Å². The molecule has 0 bridgehead atoms. The van der Waals surface area contributed by atoms with Crippen LogP contribution in [0.1, 0.15) is 22.7 Å². The van der Waals surface area contributed by atoms with Crippen LogP contribution in [0, 0.1) is 0 Å². The van der Waals surface area contributed by atoms with E-state index in [0.29, 0.717) is 11.5 Å². The molecule has 4 aromatic rings. The Labute approximate surface area is 182 Å². The van der Waals surface area contributed by atoms with E-state index in [1.54, 1.807) is 0 Å². The van der Waals surface area contributed by atoms with Gasteiger partial charge in [0.15, 0.2) is 5.60 Å². The Morgan fingerprint density at radius 1 is 0.581 bits per heavy atom. The highest BCUT2D eigenvalue weighted by Gasteiger charge is 2.72. The molecule has 0 aromatic heterocycles. The van der Waals surface area contributed by atoms with Crippen molar-refractivity contribution in [3.8, 4) is 11.5 Å². The fourth-order valence-electron chi connectivity index (χ4n) is 4.42. The lowest BCUT2D eigenvalue weighted by Crippen LogP contribution is -2.35. The molecule has 6 rings (SSSR count). The summed E-state index contributed by atoms with van der Waals surface area (Å²) in [6.45, 7) is 0. The fourth-order valence-corrected chi connectivity index (χ4v) is 6.85. The molecule has 31 heavy (non-hydrogen) atoms. The lowest BCUT2D eigenvalue weighted by Gasteiger charge is -2.30. The molecule has 1 N–H and O–H groups in total. The van der Waals surface area contributed by atoms with E-state index in [0.717, 1.165) is 16.7 Å². The van der Waals surface area contributed by atoms with Gasteiger partial charge >= 0.3 is 8.09 Å². The Kier molecular flexibility index (Phi) is 4.32. The van der Waals surface area contributed by atoms with Crippen molar-refractivity contribution in [2.24, 2.45) is 0 Å². The van der Waals surface area contributed by atoms with E-state index in [4.69, 9.17) is 13.6 Å². The second-order valence-electron chi connectivity index (χ2n) is 7.66. The van der Waals surface area contributed by atoms with Gasteiger partial charge in [-0.3, -0.25) is 9.05 Å². The molecule has 5 heteroatoms. The van der Waals surface area contributed by atoms with Gasteiger partial charge < -0.3 is 0 Å². The van der Waals surface area contributed by atoms with Crippen molar-refractivity contribution in [1.29, 1.82) is 0 Å². The Morgan fingerprint density at radius 2 is 1.03 bits per heavy atom. The molecule has 0 aliphatic carbocycles. The van der Waals surface area contributed by atoms with Gasteiger partial charge in [-0.1, -0.05) is 108 Å². The summed E-state index contributed by atoms with van der Waals surface area (Å²) in [6.07, 6.45) is 0. The summed E-state index contributed by atoms with van der Waals surface area (Å²) in [7, 11) is -2.90. The van der Waals surface area contributed by atoms with E-state index >= 15 is 0 Å². The fraction of sp³-hybridized carbons (Fsp3) is 0.0769. The van der Waals surface area contributed by atoms with Crippen molar-refractivity contribution in [3.05, 3.63) is 132 Å². The summed E-state index contributed by atoms with van der Waals surface area (Å²) in [5.41, 5.74) is 2.38. The largest absolute Gasteiger partial charge is 0.594 e. The van der Waals surface area contributed by atoms with Gasteiger partial charge in [0.2, 0.25) is 11.5 Å². The molecular weight excluding hydrogens is 405 g/mol. The molecule has 4 aromatic carbocycles. The van der Waals surface area contributed by atoms with Gasteiger partial charge in [0.1, 0.15) is 6.04 Å². The Balaban J connectivity index is 1.57. The van der Waals surface area contributed by atoms with Crippen LogP contribution in [-0.4, -0.2) is 0 Å². The lowest BCUT2D eigenvalue weighted by atomic mass is 9.78. The summed E-state index contributed by atoms with van der Waals surface area (Å²) in [4.78, 5) is 0. The van der Waals surface area contributed by atoms with Gasteiger partial charge in [-0.15, -0.1) is 4.52 Å². The highest BCUT2D eigenvalue weighted by molar-refractivity contribution is 7.61. The monoisotopic (exact) mass is 426 g/mol. The smallest absolute Gasteiger partial charge is 0.259 e. The third-order valence-electron chi connectivity index (χ3n) is 5.78. The summed E-state index contributed by atoms with van der Waals surface area (Å²) < 4.78 is 19.7. The van der Waals surface area contributed by atoms with Crippen LogP contribution in [0.25, 0.3) is 0 Å². The number of hydrogen-bond donors (Lipinski definition) is 1. The van der Waals surface area contributed by atoms with Crippen LogP contribution >= 0.6 is 8.09 Å². The van der Waals surface area contributed by atoms with Crippen LogP contribution in [0.5, 0.6) is 11.5 Å². The molecule has 4 nitrogen and oxygen atoms in total. The zero-order valence-corrected chi connectivity index (χ0v) is 17.6. The van der Waals surface area contributed by atoms with E-state index in [1.165, 1.54) is 0 Å². The van der Waals surface area contributed by atoms with Crippen LogP contribution in [-0.2, 0) is 10.1 Å². The third-order valence-corrected chi connectivity index (χ3v) is 7.76. The Morgan fingerprint density at radius 3 is 1.55 bits per heavy atom. The molecule has 1 saturated heterocycles. The second-order valence-corrected chi connectivity index (χ2v) is 9.46. The maximum atomic E-state index is 6.97. The van der Waals surface area contributed by atoms with Crippen LogP contribution in [0.3, 0.4) is 0 Å². The highest BCUT2D eigenvalue weighted by Crippen LogP contribution is 2.75. The van der Waals surface area contributed by atoms with E-state index < -0.39 is 13.7 Å². The average Bonchev–Trinajstić information content (AvgIpc) is 3.38. The highest BCUT2D eigenvalue weighted by atomic mass is 31.2. The first kappa shape index (κ1) is 18.6. The maximum absolute atomic E-state index is 6.97. The Bertz CT molecular complexity index is 1140. The van der Waals surface area contributed by atoms with Crippen LogP contribution in [0.15, 0.2) is 115 Å². The number of benzene rings is 4. The minimum atomic E-state index is -2.90. The summed E-state index contributed by atoms with van der Waals surface area (Å²) in [5, 5.41) is 3.66. The minimum absolute atomic E-state index is 0.207. The summed E-state index contributed by atoms with van der Waals surface area (Å²) >= 11 is 0. The predicted molar refractivity (Wildman–Crippen MR) is 122 cm³/mol. The second kappa shape index (κ2) is 7.21. The molecule has 0 saturated carbocycles. The number of hydrogen-bond acceptors (Lipinski definition) is 4. The number of para-hydroxylation sites is 2. The summed E-state index contributed by atoms with van der Waals surface area (Å²) in [5.74, 6) is 1.40. The van der Waals surface area contributed by atoms with Crippen molar-refractivity contribution >= 4 is 8.09 Å². The molecule has 1 spiro atoms. The third kappa shape index (κ3) is 2.95. The van der Waals surface area contributed by atoms with E-state index in [9.17, 15) is 0 Å². The molecule has 1 unspecified atom stereocenters. The van der Waals surface area contributed by atoms with Crippen molar-refractivity contribution in [3.63, 3.8) is 0 Å². The molecular formula is C26H21NO3P+. The Hall–Kier alpha value is -3.17. The first-order chi connectivity index (χ1) is 15.3. The van der Waals surface area contributed by atoms with Crippen molar-refractivity contribution in [2.75, 3.05) is 0 Å². The van der Waals surface area contributed by atoms with E-state index in [2.05, 4.69) is 41.5 Å². The average molecular weight is 426 g/mol. The van der Waals surface area contributed by atoms with E-state index in [-0.39, 0.29) is 6.04 Å². The number of rotatable bonds is 3. The first-order valence-electron chi connectivity index (χ1n) is 10.3. The van der Waals surface area contributed by atoms with Gasteiger partial charge in [-0.25, -0.2) is 0 Å². The van der Waals surface area contributed by atoms with Crippen molar-refractivity contribution in [2.45, 2.75) is 11.6 Å².